The highest BCUT2D eigenvalue weighted by atomic mass is 16.4. The number of rotatable bonds is 7. The minimum absolute atomic E-state index is 0.0229. The molecule has 1 fully saturated rings. The van der Waals surface area contributed by atoms with Gasteiger partial charge in [0.2, 0.25) is 0 Å². The molecule has 6 heteroatoms. The Hall–Kier alpha value is -1.30. The van der Waals surface area contributed by atoms with Gasteiger partial charge in [-0.25, -0.2) is 4.79 Å². The van der Waals surface area contributed by atoms with Crippen LogP contribution in [-0.4, -0.2) is 55.7 Å². The molecular formula is C13H25N3O3. The number of urea groups is 1. The van der Waals surface area contributed by atoms with E-state index in [9.17, 15) is 9.59 Å². The molecule has 1 aliphatic carbocycles. The summed E-state index contributed by atoms with van der Waals surface area (Å²) in [6.07, 6.45) is 1.30. The molecule has 2 amide bonds. The lowest BCUT2D eigenvalue weighted by atomic mass is 9.93. The minimum atomic E-state index is -0.819. The molecule has 110 valence electrons. The highest BCUT2D eigenvalue weighted by Crippen LogP contribution is 2.45. The molecule has 0 aromatic carbocycles. The average Bonchev–Trinajstić information content (AvgIpc) is 3.03. The van der Waals surface area contributed by atoms with Gasteiger partial charge < -0.3 is 20.6 Å². The molecule has 19 heavy (non-hydrogen) atoms. The van der Waals surface area contributed by atoms with Crippen LogP contribution >= 0.6 is 0 Å². The Bertz CT molecular complexity index is 349. The third kappa shape index (κ3) is 5.06. The zero-order valence-electron chi connectivity index (χ0n) is 12.2. The molecule has 3 N–H and O–H groups in total. The molecule has 1 aliphatic rings. The summed E-state index contributed by atoms with van der Waals surface area (Å²) in [5, 5.41) is 14.4. The van der Waals surface area contributed by atoms with Gasteiger partial charge in [0.1, 0.15) is 0 Å². The van der Waals surface area contributed by atoms with E-state index in [1.807, 2.05) is 14.1 Å². The van der Waals surface area contributed by atoms with Crippen molar-refractivity contribution in [2.75, 3.05) is 33.7 Å². The second-order valence-corrected chi connectivity index (χ2v) is 6.52. The maximum atomic E-state index is 11.6. The van der Waals surface area contributed by atoms with Crippen molar-refractivity contribution in [1.29, 1.82) is 0 Å². The predicted octanol–water partition coefficient (Wildman–Crippen LogP) is 0.738. The fraction of sp³-hybridized carbons (Fsp3) is 0.846. The first-order valence-corrected chi connectivity index (χ1v) is 6.57. The van der Waals surface area contributed by atoms with Crippen molar-refractivity contribution in [2.24, 2.45) is 10.8 Å². The summed E-state index contributed by atoms with van der Waals surface area (Å²) in [5.74, 6) is -0.819. The van der Waals surface area contributed by atoms with Gasteiger partial charge in [0.25, 0.3) is 0 Å². The SMILES string of the molecule is CN(C)CC(C)(C)CNC(=O)NCC1(C(=O)O)CC1. The maximum absolute atomic E-state index is 11.6. The summed E-state index contributed by atoms with van der Waals surface area (Å²) in [4.78, 5) is 24.7. The molecule has 1 saturated carbocycles. The Morgan fingerprint density at radius 2 is 1.84 bits per heavy atom. The highest BCUT2D eigenvalue weighted by Gasteiger charge is 2.50. The van der Waals surface area contributed by atoms with Gasteiger partial charge in [-0.3, -0.25) is 4.79 Å². The monoisotopic (exact) mass is 271 g/mol. The normalized spacial score (nSPS) is 17.1. The van der Waals surface area contributed by atoms with E-state index in [1.165, 1.54) is 0 Å². The van der Waals surface area contributed by atoms with Gasteiger partial charge in [-0.15, -0.1) is 0 Å². The topological polar surface area (TPSA) is 81.7 Å². The molecule has 0 atom stereocenters. The molecule has 0 bridgehead atoms. The zero-order chi connectivity index (χ0) is 14.7. The number of aliphatic carboxylic acids is 1. The molecule has 0 radical (unpaired) electrons. The first-order valence-electron chi connectivity index (χ1n) is 6.57. The Morgan fingerprint density at radius 3 is 2.26 bits per heavy atom. The number of hydrogen-bond acceptors (Lipinski definition) is 3. The van der Waals surface area contributed by atoms with Gasteiger partial charge in [-0.2, -0.15) is 0 Å². The third-order valence-electron chi connectivity index (χ3n) is 3.37. The first kappa shape index (κ1) is 15.8. The van der Waals surface area contributed by atoms with Gasteiger partial charge in [-0.1, -0.05) is 13.8 Å². The van der Waals surface area contributed by atoms with Crippen LogP contribution in [0.4, 0.5) is 4.79 Å². The van der Waals surface area contributed by atoms with Gasteiger partial charge in [0, 0.05) is 19.6 Å². The Labute approximate surface area is 114 Å². The molecular weight excluding hydrogens is 246 g/mol. The summed E-state index contributed by atoms with van der Waals surface area (Å²) < 4.78 is 0. The second-order valence-electron chi connectivity index (χ2n) is 6.52. The quantitative estimate of drug-likeness (QED) is 0.638. The average molecular weight is 271 g/mol. The minimum Gasteiger partial charge on any atom is -0.481 e. The lowest BCUT2D eigenvalue weighted by molar-refractivity contribution is -0.143. The van der Waals surface area contributed by atoms with E-state index in [4.69, 9.17) is 5.11 Å². The molecule has 6 nitrogen and oxygen atoms in total. The van der Waals surface area contributed by atoms with E-state index in [1.54, 1.807) is 0 Å². The third-order valence-corrected chi connectivity index (χ3v) is 3.37. The van der Waals surface area contributed by atoms with E-state index < -0.39 is 11.4 Å². The van der Waals surface area contributed by atoms with Crippen LogP contribution in [0.25, 0.3) is 0 Å². The van der Waals surface area contributed by atoms with Crippen LogP contribution in [0.2, 0.25) is 0 Å². The molecule has 1 rings (SSSR count). The van der Waals surface area contributed by atoms with Crippen molar-refractivity contribution in [3.63, 3.8) is 0 Å². The highest BCUT2D eigenvalue weighted by molar-refractivity contribution is 5.80. The smallest absolute Gasteiger partial charge is 0.314 e. The number of carboxylic acid groups (broad SMARTS) is 1. The molecule has 0 saturated heterocycles. The Balaban J connectivity index is 2.27. The summed E-state index contributed by atoms with van der Waals surface area (Å²) in [6, 6.07) is -0.292. The molecule has 0 aromatic rings. The fourth-order valence-electron chi connectivity index (χ4n) is 2.16. The van der Waals surface area contributed by atoms with Crippen molar-refractivity contribution in [2.45, 2.75) is 26.7 Å². The molecule has 0 aliphatic heterocycles. The number of carbonyl (C=O) groups excluding carboxylic acids is 1. The van der Waals surface area contributed by atoms with Crippen LogP contribution < -0.4 is 10.6 Å². The van der Waals surface area contributed by atoms with Gasteiger partial charge in [0.15, 0.2) is 0 Å². The van der Waals surface area contributed by atoms with Crippen molar-refractivity contribution in [3.05, 3.63) is 0 Å². The van der Waals surface area contributed by atoms with Gasteiger partial charge >= 0.3 is 12.0 Å². The van der Waals surface area contributed by atoms with Gasteiger partial charge in [-0.05, 0) is 32.4 Å². The largest absolute Gasteiger partial charge is 0.481 e. The Kier molecular flexibility index (Phi) is 4.79. The molecule has 0 heterocycles. The fourth-order valence-corrected chi connectivity index (χ4v) is 2.16. The van der Waals surface area contributed by atoms with Gasteiger partial charge in [0.05, 0.1) is 5.41 Å². The van der Waals surface area contributed by atoms with Crippen LogP contribution in [0.5, 0.6) is 0 Å². The number of amides is 2. The number of nitrogens with one attached hydrogen (secondary N) is 2. The number of hydrogen-bond donors (Lipinski definition) is 3. The van der Waals surface area contributed by atoms with E-state index in [-0.39, 0.29) is 18.0 Å². The van der Waals surface area contributed by atoms with Crippen LogP contribution in [0.3, 0.4) is 0 Å². The molecule has 0 unspecified atom stereocenters. The predicted molar refractivity (Wildman–Crippen MR) is 73.0 cm³/mol. The van der Waals surface area contributed by atoms with Crippen molar-refractivity contribution in [3.8, 4) is 0 Å². The summed E-state index contributed by atoms with van der Waals surface area (Å²) >= 11 is 0. The molecule has 0 spiro atoms. The van der Waals surface area contributed by atoms with Crippen molar-refractivity contribution < 1.29 is 14.7 Å². The summed E-state index contributed by atoms with van der Waals surface area (Å²) in [7, 11) is 3.98. The first-order chi connectivity index (χ1) is 8.67. The lowest BCUT2D eigenvalue weighted by Crippen LogP contribution is -2.45. The summed E-state index contributed by atoms with van der Waals surface area (Å²) in [6.45, 7) is 5.78. The zero-order valence-corrected chi connectivity index (χ0v) is 12.2. The van der Waals surface area contributed by atoms with E-state index in [0.29, 0.717) is 19.4 Å². The number of carboxylic acids is 1. The van der Waals surface area contributed by atoms with Crippen LogP contribution in [0, 0.1) is 10.8 Å². The summed E-state index contributed by atoms with van der Waals surface area (Å²) in [5.41, 5.74) is -0.735. The van der Waals surface area contributed by atoms with Crippen LogP contribution in [0.15, 0.2) is 0 Å². The standard InChI is InChI=1S/C13H25N3O3/c1-12(2,9-16(3)4)7-14-11(19)15-8-13(5-6-13)10(17)18/h5-9H2,1-4H3,(H,17,18)(H2,14,15,19). The van der Waals surface area contributed by atoms with Crippen LogP contribution in [-0.2, 0) is 4.79 Å². The van der Waals surface area contributed by atoms with Crippen LogP contribution in [0.1, 0.15) is 26.7 Å². The second kappa shape index (κ2) is 5.77. The van der Waals surface area contributed by atoms with E-state index in [2.05, 4.69) is 29.4 Å². The number of carbonyl (C=O) groups is 2. The maximum Gasteiger partial charge on any atom is 0.314 e. The Morgan fingerprint density at radius 1 is 1.26 bits per heavy atom. The lowest BCUT2D eigenvalue weighted by Gasteiger charge is -2.28. The van der Waals surface area contributed by atoms with Crippen molar-refractivity contribution in [1.82, 2.24) is 15.5 Å². The molecule has 0 aromatic heterocycles. The van der Waals surface area contributed by atoms with E-state index in [0.717, 1.165) is 6.54 Å². The number of nitrogens with zero attached hydrogens (tertiary/aromatic N) is 1. The van der Waals surface area contributed by atoms with Crippen molar-refractivity contribution >= 4 is 12.0 Å². The van der Waals surface area contributed by atoms with E-state index >= 15 is 0 Å².